The Morgan fingerprint density at radius 1 is 0.472 bits per heavy atom. The molecule has 0 N–H and O–H groups in total. The molecule has 0 aromatic heterocycles. The van der Waals surface area contributed by atoms with Crippen LogP contribution in [-0.4, -0.2) is 77.2 Å². The lowest BCUT2D eigenvalue weighted by atomic mass is 9.67. The maximum Gasteiger partial charge on any atom is 0.460 e. The van der Waals surface area contributed by atoms with Crippen LogP contribution in [0.3, 0.4) is 0 Å². The summed E-state index contributed by atoms with van der Waals surface area (Å²) >= 11 is 0. The Balaban J connectivity index is 4.38. The third kappa shape index (κ3) is 2.83. The van der Waals surface area contributed by atoms with E-state index < -0.39 is 74.3 Å². The summed E-state index contributed by atoms with van der Waals surface area (Å²) in [6.45, 7) is 0. The van der Waals surface area contributed by atoms with Gasteiger partial charge in [0.15, 0.2) is 0 Å². The number of halogens is 21. The molecule has 216 valence electrons. The van der Waals surface area contributed by atoms with Crippen molar-refractivity contribution in [3.8, 4) is 0 Å². The fourth-order valence-electron chi connectivity index (χ4n) is 2.73. The van der Waals surface area contributed by atoms with Gasteiger partial charge in [0.2, 0.25) is 0 Å². The van der Waals surface area contributed by atoms with Crippen LogP contribution in [-0.2, 0) is 10.1 Å². The molecule has 0 saturated heterocycles. The summed E-state index contributed by atoms with van der Waals surface area (Å²) in [5.41, 5.74) is -9.58. The lowest BCUT2D eigenvalue weighted by Gasteiger charge is -2.57. The second kappa shape index (κ2) is 7.09. The fraction of sp³-hybridized carbons (Fsp3) is 1.00. The lowest BCUT2D eigenvalue weighted by molar-refractivity contribution is -0.502. The Kier molecular flexibility index (Phi) is 6.40. The Hall–Kier alpha value is -1.56. The molecular weight excluding hydrogens is 611 g/mol. The minimum atomic E-state index is -9.66. The van der Waals surface area contributed by atoms with E-state index in [0.717, 1.165) is 0 Å². The normalized spacial score (nSPS) is 31.3. The first-order valence-corrected chi connectivity index (χ1v) is 8.83. The number of alkyl halides is 21. The summed E-state index contributed by atoms with van der Waals surface area (Å²) in [6.07, 6.45) is -8.18. The second-order valence-electron chi connectivity index (χ2n) is 6.80. The van der Waals surface area contributed by atoms with E-state index in [1.807, 2.05) is 0 Å². The predicted molar refractivity (Wildman–Crippen MR) is 63.0 cm³/mol. The van der Waals surface area contributed by atoms with Crippen molar-refractivity contribution in [2.24, 2.45) is 0 Å². The molecule has 2 atom stereocenters. The first kappa shape index (κ1) is 32.5. The van der Waals surface area contributed by atoms with Crippen LogP contribution in [0.15, 0.2) is 0 Å². The Morgan fingerprint density at radius 2 is 0.806 bits per heavy atom. The van der Waals surface area contributed by atoms with Gasteiger partial charge in [-0.15, -0.1) is 0 Å². The third-order valence-electron chi connectivity index (χ3n) is 4.78. The molecule has 0 aromatic carbocycles. The molecule has 1 aliphatic rings. The molecule has 0 heterocycles. The summed E-state index contributed by atoms with van der Waals surface area (Å²) in [4.78, 5) is 0. The van der Waals surface area contributed by atoms with Gasteiger partial charge >= 0.3 is 64.2 Å². The van der Waals surface area contributed by atoms with Gasteiger partial charge in [-0.3, -0.25) is 0 Å². The molecule has 0 spiro atoms. The molecule has 1 aliphatic carbocycles. The van der Waals surface area contributed by atoms with Crippen molar-refractivity contribution in [2.45, 2.75) is 64.2 Å². The predicted octanol–water partition coefficient (Wildman–Crippen LogP) is 5.56. The molecular formula is C11F21O3S-. The Labute approximate surface area is 180 Å². The van der Waals surface area contributed by atoms with Gasteiger partial charge in [0.05, 0.1) is 0 Å². The van der Waals surface area contributed by atoms with Crippen LogP contribution in [0, 0.1) is 0 Å². The van der Waals surface area contributed by atoms with E-state index in [1.54, 1.807) is 0 Å². The lowest BCUT2D eigenvalue weighted by Crippen LogP contribution is -2.91. The highest BCUT2D eigenvalue weighted by atomic mass is 32.2. The van der Waals surface area contributed by atoms with Gasteiger partial charge in [-0.25, -0.2) is 17.2 Å². The highest BCUT2D eigenvalue weighted by Gasteiger charge is 3.08. The van der Waals surface area contributed by atoms with Crippen molar-refractivity contribution in [3.05, 3.63) is 0 Å². The van der Waals surface area contributed by atoms with Gasteiger partial charge in [-0.05, 0) is 0 Å². The Morgan fingerprint density at radius 3 is 1.08 bits per heavy atom. The van der Waals surface area contributed by atoms with Crippen LogP contribution in [0.4, 0.5) is 92.2 Å². The third-order valence-corrected chi connectivity index (χ3v) is 5.98. The molecule has 1 rings (SSSR count). The van der Waals surface area contributed by atoms with Gasteiger partial charge in [-0.2, -0.15) is 83.4 Å². The minimum Gasteiger partial charge on any atom is -0.745 e. The standard InChI is InChI=1S/C11HF21O3S/c12-1(2(13,14)5(19,20)7(23,24)9(27,28)11(30,31)32)3(15,16)6(21,22)8(25,26)10(29,4(1,17)18)36(33,34)35/h(H,33,34,35)/p-1. The molecule has 0 bridgehead atoms. The molecule has 2 unspecified atom stereocenters. The van der Waals surface area contributed by atoms with Crippen molar-refractivity contribution in [1.29, 1.82) is 0 Å². The second-order valence-corrected chi connectivity index (χ2v) is 8.27. The van der Waals surface area contributed by atoms with Crippen LogP contribution in [0.25, 0.3) is 0 Å². The monoisotopic (exact) mass is 611 g/mol. The quantitative estimate of drug-likeness (QED) is 0.302. The summed E-state index contributed by atoms with van der Waals surface area (Å²) in [5, 5.41) is -8.73. The average molecular weight is 611 g/mol. The zero-order chi connectivity index (χ0) is 30.0. The van der Waals surface area contributed by atoms with Crippen LogP contribution in [0.1, 0.15) is 0 Å². The maximum atomic E-state index is 14.4. The van der Waals surface area contributed by atoms with Crippen LogP contribution < -0.4 is 0 Å². The molecule has 25 heteroatoms. The van der Waals surface area contributed by atoms with E-state index in [2.05, 4.69) is 0 Å². The molecule has 3 nitrogen and oxygen atoms in total. The van der Waals surface area contributed by atoms with Crippen molar-refractivity contribution in [1.82, 2.24) is 0 Å². The molecule has 1 fully saturated rings. The van der Waals surface area contributed by atoms with Crippen molar-refractivity contribution in [2.75, 3.05) is 0 Å². The number of rotatable bonds is 5. The number of hydrogen-bond acceptors (Lipinski definition) is 3. The first-order valence-electron chi connectivity index (χ1n) is 7.42. The van der Waals surface area contributed by atoms with Crippen molar-refractivity contribution < 1.29 is 105 Å². The first-order chi connectivity index (χ1) is 15.0. The summed E-state index contributed by atoms with van der Waals surface area (Å²) in [7, 11) is -8.99. The summed E-state index contributed by atoms with van der Waals surface area (Å²) in [5.74, 6) is -72.8. The minimum absolute atomic E-state index is 8.18. The van der Waals surface area contributed by atoms with E-state index in [1.165, 1.54) is 0 Å². The molecule has 0 aliphatic heterocycles. The summed E-state index contributed by atoms with van der Waals surface area (Å²) in [6, 6.07) is 0. The Bertz CT molecular complexity index is 1010. The average Bonchev–Trinajstić information content (AvgIpc) is 2.62. The van der Waals surface area contributed by atoms with E-state index in [0.29, 0.717) is 0 Å². The van der Waals surface area contributed by atoms with E-state index >= 15 is 0 Å². The van der Waals surface area contributed by atoms with Crippen LogP contribution in [0.5, 0.6) is 0 Å². The smallest absolute Gasteiger partial charge is 0.460 e. The topological polar surface area (TPSA) is 57.2 Å². The van der Waals surface area contributed by atoms with Gasteiger partial charge in [0.25, 0.3) is 0 Å². The van der Waals surface area contributed by atoms with Gasteiger partial charge in [0, 0.05) is 0 Å². The SMILES string of the molecule is O=S(=O)([O-])C1(F)C(F)(F)C(F)(F)C(F)(F)C(F)(C(F)(F)C(F)(F)C(F)(F)C(F)(F)C(F)(F)F)C1(F)F. The van der Waals surface area contributed by atoms with E-state index in [4.69, 9.17) is 0 Å². The molecule has 0 amide bonds. The number of hydrogen-bond donors (Lipinski definition) is 0. The highest BCUT2D eigenvalue weighted by Crippen LogP contribution is 2.75. The van der Waals surface area contributed by atoms with Gasteiger partial charge in [0.1, 0.15) is 10.1 Å². The van der Waals surface area contributed by atoms with Gasteiger partial charge < -0.3 is 4.55 Å². The van der Waals surface area contributed by atoms with Crippen molar-refractivity contribution in [3.63, 3.8) is 0 Å². The molecule has 1 saturated carbocycles. The van der Waals surface area contributed by atoms with Gasteiger partial charge in [-0.1, -0.05) is 0 Å². The largest absolute Gasteiger partial charge is 0.745 e. The van der Waals surface area contributed by atoms with Crippen molar-refractivity contribution >= 4 is 10.1 Å². The van der Waals surface area contributed by atoms with Crippen LogP contribution in [0.2, 0.25) is 0 Å². The van der Waals surface area contributed by atoms with Crippen LogP contribution >= 0.6 is 0 Å². The van der Waals surface area contributed by atoms with E-state index in [9.17, 15) is 105 Å². The zero-order valence-electron chi connectivity index (χ0n) is 15.1. The molecule has 0 aromatic rings. The zero-order valence-corrected chi connectivity index (χ0v) is 15.9. The maximum absolute atomic E-state index is 14.4. The fourth-order valence-corrected chi connectivity index (χ4v) is 3.63. The molecule has 36 heavy (non-hydrogen) atoms. The molecule has 0 radical (unpaired) electrons. The highest BCUT2D eigenvalue weighted by molar-refractivity contribution is 7.87. The van der Waals surface area contributed by atoms with E-state index in [-0.39, 0.29) is 0 Å². The summed E-state index contributed by atoms with van der Waals surface area (Å²) < 4.78 is 312.